The van der Waals surface area contributed by atoms with Crippen molar-refractivity contribution >= 4 is 12.6 Å². The number of hydrogen-bond donors (Lipinski definition) is 0. The molecule has 27 heavy (non-hydrogen) atoms. The molecule has 0 spiro atoms. The van der Waals surface area contributed by atoms with Crippen LogP contribution in [0, 0.1) is 0 Å². The maximum atomic E-state index is 9.03. The Morgan fingerprint density at radius 3 is 1.44 bits per heavy atom. The lowest BCUT2D eigenvalue weighted by molar-refractivity contribution is 0.00578. The second-order valence-electron chi connectivity index (χ2n) is 7.13. The topological polar surface area (TPSA) is 18.5 Å². The lowest BCUT2D eigenvalue weighted by Gasteiger charge is -2.32. The largest absolute Gasteiger partial charge is 0.494 e. The smallest absolute Gasteiger partial charge is 0.399 e. The maximum absolute atomic E-state index is 9.03. The van der Waals surface area contributed by atoms with E-state index in [-0.39, 0.29) is 5.46 Å². The van der Waals surface area contributed by atoms with Crippen LogP contribution in [0.1, 0.15) is 45.5 Å². The summed E-state index contributed by atoms with van der Waals surface area (Å²) in [5.41, 5.74) is -4.15. The van der Waals surface area contributed by atoms with Gasteiger partial charge in [0.05, 0.1) is 29.0 Å². The van der Waals surface area contributed by atoms with Crippen LogP contribution in [0.2, 0.25) is 0 Å². The summed E-state index contributed by atoms with van der Waals surface area (Å²) in [4.78, 5) is 0. The highest BCUT2D eigenvalue weighted by molar-refractivity contribution is 6.62. The lowest BCUT2D eigenvalue weighted by atomic mass is 9.76. The van der Waals surface area contributed by atoms with Crippen molar-refractivity contribution in [3.05, 3.63) is 78.6 Å². The molecule has 3 heteroatoms. The van der Waals surface area contributed by atoms with Gasteiger partial charge >= 0.3 is 7.12 Å². The third-order valence-corrected chi connectivity index (χ3v) is 4.76. The second kappa shape index (κ2) is 6.67. The van der Waals surface area contributed by atoms with Gasteiger partial charge < -0.3 is 9.31 Å². The fourth-order valence-corrected chi connectivity index (χ4v) is 2.57. The zero-order valence-electron chi connectivity index (χ0n) is 28.4. The van der Waals surface area contributed by atoms with Gasteiger partial charge in [0.15, 0.2) is 0 Å². The number of rotatable bonds is 3. The van der Waals surface area contributed by atoms with Crippen LogP contribution in [0.25, 0.3) is 22.3 Å². The maximum Gasteiger partial charge on any atom is 0.494 e. The second-order valence-corrected chi connectivity index (χ2v) is 7.13. The molecule has 0 saturated carbocycles. The minimum absolute atomic E-state index is 0.279. The molecule has 4 rings (SSSR count). The molecule has 0 aliphatic carbocycles. The first-order valence-electron chi connectivity index (χ1n) is 14.9. The van der Waals surface area contributed by atoms with E-state index in [9.17, 15) is 0 Å². The SMILES string of the molecule is [2H]c1c([2H])c([2H])c(-c2c([2H])c(B3OC(C)(C)C(C)(C)O3)c([2H])c(-c3c([2H])c([2H])c([2H])c([2H])c3[2H])c2[2H])c([2H])c1[2H]. The molecule has 0 atom stereocenters. The van der Waals surface area contributed by atoms with Crippen molar-refractivity contribution in [3.63, 3.8) is 0 Å². The summed E-state index contributed by atoms with van der Waals surface area (Å²) in [7, 11) is -1.39. The summed E-state index contributed by atoms with van der Waals surface area (Å²) in [5.74, 6) is 0. The lowest BCUT2D eigenvalue weighted by Crippen LogP contribution is -2.41. The first-order valence-corrected chi connectivity index (χ1v) is 8.42. The third kappa shape index (κ3) is 3.45. The van der Waals surface area contributed by atoms with Gasteiger partial charge in [-0.05, 0) is 61.5 Å². The molecule has 1 aliphatic rings. The molecule has 0 N–H and O–H groups in total. The predicted octanol–water partition coefficient (Wildman–Crippen LogP) is 5.32. The summed E-state index contributed by atoms with van der Waals surface area (Å²) >= 11 is 0. The predicted molar refractivity (Wildman–Crippen MR) is 113 cm³/mol. The Morgan fingerprint density at radius 2 is 1.04 bits per heavy atom. The number of hydrogen-bond acceptors (Lipinski definition) is 2. The normalized spacial score (nSPS) is 24.6. The van der Waals surface area contributed by atoms with Crippen molar-refractivity contribution in [1.82, 2.24) is 0 Å². The molecule has 1 heterocycles. The average molecular weight is 369 g/mol. The summed E-state index contributed by atoms with van der Waals surface area (Å²) in [6.07, 6.45) is 0. The molecular formula is C24H25BO2. The van der Waals surface area contributed by atoms with Crippen LogP contribution in [0.5, 0.6) is 0 Å². The van der Waals surface area contributed by atoms with E-state index >= 15 is 0 Å². The van der Waals surface area contributed by atoms with E-state index in [1.54, 1.807) is 27.7 Å². The minimum atomic E-state index is -1.39. The van der Waals surface area contributed by atoms with E-state index in [1.165, 1.54) is 0 Å². The molecule has 0 bridgehead atoms. The van der Waals surface area contributed by atoms with Crippen LogP contribution in [-0.4, -0.2) is 18.3 Å². The number of benzene rings is 3. The molecule has 1 saturated heterocycles. The highest BCUT2D eigenvalue weighted by atomic mass is 16.7. The van der Waals surface area contributed by atoms with Gasteiger partial charge in [-0.15, -0.1) is 0 Å². The van der Waals surface area contributed by atoms with E-state index in [4.69, 9.17) is 27.1 Å². The zero-order valence-corrected chi connectivity index (χ0v) is 15.4. The van der Waals surface area contributed by atoms with Crippen LogP contribution in [0.15, 0.2) is 78.6 Å². The Bertz CT molecular complexity index is 1430. The van der Waals surface area contributed by atoms with Gasteiger partial charge in [0.2, 0.25) is 0 Å². The Balaban J connectivity index is 2.25. The Morgan fingerprint density at radius 1 is 0.630 bits per heavy atom. The molecule has 136 valence electrons. The van der Waals surface area contributed by atoms with Crippen molar-refractivity contribution in [2.75, 3.05) is 0 Å². The van der Waals surface area contributed by atoms with Crippen molar-refractivity contribution in [2.45, 2.75) is 38.9 Å². The molecular weight excluding hydrogens is 331 g/mol. The van der Waals surface area contributed by atoms with Gasteiger partial charge in [-0.25, -0.2) is 0 Å². The third-order valence-electron chi connectivity index (χ3n) is 4.76. The monoisotopic (exact) mass is 369 g/mol. The van der Waals surface area contributed by atoms with Gasteiger partial charge in [-0.1, -0.05) is 72.5 Å². The summed E-state index contributed by atoms with van der Waals surface area (Å²) in [5, 5.41) is 0. The van der Waals surface area contributed by atoms with Crippen LogP contribution in [0.3, 0.4) is 0 Å². The van der Waals surface area contributed by atoms with E-state index in [1.807, 2.05) is 0 Å². The van der Waals surface area contributed by atoms with Crippen LogP contribution in [0.4, 0.5) is 0 Å². The Kier molecular flexibility index (Phi) is 2.06. The van der Waals surface area contributed by atoms with Gasteiger partial charge in [-0.3, -0.25) is 0 Å². The van der Waals surface area contributed by atoms with Gasteiger partial charge in [-0.2, -0.15) is 0 Å². The van der Waals surface area contributed by atoms with E-state index in [0.29, 0.717) is 0 Å². The summed E-state index contributed by atoms with van der Waals surface area (Å²) in [6, 6.07) is -8.96. The first-order chi connectivity index (χ1) is 18.3. The fourth-order valence-electron chi connectivity index (χ4n) is 2.57. The summed E-state index contributed by atoms with van der Waals surface area (Å²) in [6.45, 7) is 6.91. The van der Waals surface area contributed by atoms with Crippen molar-refractivity contribution in [2.24, 2.45) is 0 Å². The Hall–Kier alpha value is -2.36. The van der Waals surface area contributed by atoms with Crippen LogP contribution < -0.4 is 5.46 Å². The van der Waals surface area contributed by atoms with Gasteiger partial charge in [0.25, 0.3) is 0 Å². The molecule has 2 nitrogen and oxygen atoms in total. The quantitative estimate of drug-likeness (QED) is 0.582. The molecule has 3 aromatic carbocycles. The molecule has 0 unspecified atom stereocenters. The fraction of sp³-hybridized carbons (Fsp3) is 0.250. The Labute approximate surface area is 180 Å². The average Bonchev–Trinajstić information content (AvgIpc) is 3.08. The van der Waals surface area contributed by atoms with Crippen molar-refractivity contribution in [3.8, 4) is 22.3 Å². The van der Waals surface area contributed by atoms with Crippen LogP contribution >= 0.6 is 0 Å². The molecule has 1 aliphatic heterocycles. The van der Waals surface area contributed by atoms with E-state index < -0.39 is 119 Å². The van der Waals surface area contributed by atoms with Crippen molar-refractivity contribution < 1.29 is 27.1 Å². The zero-order chi connectivity index (χ0) is 30.4. The molecule has 0 radical (unpaired) electrons. The molecule has 0 aromatic heterocycles. The standard InChI is InChI=1S/C24H25BO2/c1-23(2)24(3,4)27-25(26-23)22-16-20(18-11-7-5-8-12-18)15-21(17-22)19-13-9-6-10-14-19/h5-17H,1-4H3/i5D,6D,7D,8D,9D,10D,11D,12D,13D,14D,15D,16D,17D. The minimum Gasteiger partial charge on any atom is -0.399 e. The van der Waals surface area contributed by atoms with Crippen LogP contribution in [-0.2, 0) is 9.31 Å². The molecule has 3 aromatic rings. The van der Waals surface area contributed by atoms with Gasteiger partial charge in [0, 0.05) is 0 Å². The highest BCUT2D eigenvalue weighted by Gasteiger charge is 2.51. The summed E-state index contributed by atoms with van der Waals surface area (Å²) < 4.78 is 121. The first kappa shape index (κ1) is 8.34. The molecule has 1 fully saturated rings. The molecule has 0 amide bonds. The highest BCUT2D eigenvalue weighted by Crippen LogP contribution is 2.37. The van der Waals surface area contributed by atoms with E-state index in [0.717, 1.165) is 0 Å². The van der Waals surface area contributed by atoms with Gasteiger partial charge in [0.1, 0.15) is 0 Å². The van der Waals surface area contributed by atoms with Crippen molar-refractivity contribution in [1.29, 1.82) is 0 Å². The van der Waals surface area contributed by atoms with E-state index in [2.05, 4.69) is 0 Å².